The Balaban J connectivity index is 2.88. The zero-order valence-electron chi connectivity index (χ0n) is 11.9. The molecule has 5 nitrogen and oxygen atoms in total. The molecule has 2 amide bonds. The Hall–Kier alpha value is -2.04. The first-order valence-electron chi connectivity index (χ1n) is 6.01. The average molecular weight is 264 g/mol. The Morgan fingerprint density at radius 2 is 1.84 bits per heavy atom. The second-order valence-electron chi connectivity index (χ2n) is 5.17. The fraction of sp³-hybridized carbons (Fsp3) is 0.429. The molecule has 0 unspecified atom stereocenters. The van der Waals surface area contributed by atoms with E-state index in [9.17, 15) is 9.59 Å². The molecule has 2 N–H and O–H groups in total. The minimum Gasteiger partial charge on any atom is -0.480 e. The lowest BCUT2D eigenvalue weighted by Gasteiger charge is -2.31. The highest BCUT2D eigenvalue weighted by molar-refractivity contribution is 5.94. The van der Waals surface area contributed by atoms with E-state index < -0.39 is 17.5 Å². The van der Waals surface area contributed by atoms with E-state index in [0.29, 0.717) is 5.69 Å². The number of benzene rings is 1. The van der Waals surface area contributed by atoms with Crippen molar-refractivity contribution < 1.29 is 14.7 Å². The van der Waals surface area contributed by atoms with Crippen LogP contribution in [0, 0.1) is 13.8 Å². The molecular weight excluding hydrogens is 244 g/mol. The summed E-state index contributed by atoms with van der Waals surface area (Å²) in [5.74, 6) is -1.05. The van der Waals surface area contributed by atoms with Gasteiger partial charge in [0.15, 0.2) is 0 Å². The maximum Gasteiger partial charge on any atom is 0.329 e. The lowest BCUT2D eigenvalue weighted by molar-refractivity contribution is -0.146. The van der Waals surface area contributed by atoms with Crippen molar-refractivity contribution in [3.63, 3.8) is 0 Å². The fourth-order valence-electron chi connectivity index (χ4n) is 1.55. The first-order chi connectivity index (χ1) is 8.66. The van der Waals surface area contributed by atoms with Crippen LogP contribution in [0.5, 0.6) is 0 Å². The summed E-state index contributed by atoms with van der Waals surface area (Å²) in [4.78, 5) is 24.3. The number of amides is 2. The van der Waals surface area contributed by atoms with Gasteiger partial charge in [-0.3, -0.25) is 0 Å². The Bertz CT molecular complexity index is 509. The van der Waals surface area contributed by atoms with Crippen molar-refractivity contribution in [3.8, 4) is 0 Å². The molecule has 1 aromatic rings. The number of aliphatic carboxylic acids is 1. The van der Waals surface area contributed by atoms with Gasteiger partial charge in [0.25, 0.3) is 0 Å². The number of likely N-dealkylation sites (N-methyl/N-ethyl adjacent to an activating group) is 1. The summed E-state index contributed by atoms with van der Waals surface area (Å²) in [5.41, 5.74) is 1.47. The molecule has 0 bridgehead atoms. The van der Waals surface area contributed by atoms with Gasteiger partial charge in [0.1, 0.15) is 5.54 Å². The topological polar surface area (TPSA) is 69.6 Å². The molecule has 0 aliphatic heterocycles. The van der Waals surface area contributed by atoms with Gasteiger partial charge in [0.2, 0.25) is 0 Å². The molecule has 0 heterocycles. The van der Waals surface area contributed by atoms with Gasteiger partial charge in [0, 0.05) is 12.7 Å². The molecule has 1 rings (SSSR count). The minimum absolute atomic E-state index is 0.445. The van der Waals surface area contributed by atoms with Crippen molar-refractivity contribution in [1.82, 2.24) is 4.90 Å². The smallest absolute Gasteiger partial charge is 0.329 e. The van der Waals surface area contributed by atoms with E-state index in [4.69, 9.17) is 5.11 Å². The molecule has 0 aliphatic rings. The van der Waals surface area contributed by atoms with E-state index in [1.807, 2.05) is 32.0 Å². The standard InChI is InChI=1S/C14H20N2O3/c1-9-6-7-11(10(2)8-9)15-13(19)16(5)14(3,4)12(17)18/h6-8H,1-5H3,(H,15,19)(H,17,18). The molecule has 5 heteroatoms. The molecule has 0 radical (unpaired) electrons. The first kappa shape index (κ1) is 15.0. The second kappa shape index (κ2) is 5.30. The number of carbonyl (C=O) groups is 2. The van der Waals surface area contributed by atoms with Crippen molar-refractivity contribution in [1.29, 1.82) is 0 Å². The number of urea groups is 1. The van der Waals surface area contributed by atoms with Crippen molar-refractivity contribution in [2.45, 2.75) is 33.2 Å². The number of hydrogen-bond donors (Lipinski definition) is 2. The zero-order valence-corrected chi connectivity index (χ0v) is 11.9. The molecule has 0 aliphatic carbocycles. The van der Waals surface area contributed by atoms with Crippen LogP contribution in [-0.4, -0.2) is 34.6 Å². The molecule has 0 atom stereocenters. The van der Waals surface area contributed by atoms with Crippen molar-refractivity contribution in [2.24, 2.45) is 0 Å². The van der Waals surface area contributed by atoms with Gasteiger partial charge >= 0.3 is 12.0 Å². The third kappa shape index (κ3) is 3.24. The summed E-state index contributed by atoms with van der Waals surface area (Å²) in [5, 5.41) is 11.8. The zero-order chi connectivity index (χ0) is 14.8. The summed E-state index contributed by atoms with van der Waals surface area (Å²) < 4.78 is 0. The van der Waals surface area contributed by atoms with Crippen LogP contribution < -0.4 is 5.32 Å². The highest BCUT2D eigenvalue weighted by Gasteiger charge is 2.35. The molecule has 0 spiro atoms. The third-order valence-electron chi connectivity index (χ3n) is 3.29. The van der Waals surface area contributed by atoms with E-state index in [1.54, 1.807) is 0 Å². The maximum absolute atomic E-state index is 12.1. The van der Waals surface area contributed by atoms with E-state index in [0.717, 1.165) is 11.1 Å². The van der Waals surface area contributed by atoms with E-state index >= 15 is 0 Å². The van der Waals surface area contributed by atoms with Gasteiger partial charge in [-0.05, 0) is 39.3 Å². The summed E-state index contributed by atoms with van der Waals surface area (Å²) in [6.07, 6.45) is 0. The third-order valence-corrected chi connectivity index (χ3v) is 3.29. The number of nitrogens with one attached hydrogen (secondary N) is 1. The Kier molecular flexibility index (Phi) is 4.19. The summed E-state index contributed by atoms with van der Waals surface area (Å²) in [6, 6.07) is 5.21. The predicted octanol–water partition coefficient (Wildman–Crippen LogP) is 2.63. The fourth-order valence-corrected chi connectivity index (χ4v) is 1.55. The van der Waals surface area contributed by atoms with Crippen LogP contribution in [-0.2, 0) is 4.79 Å². The lowest BCUT2D eigenvalue weighted by Crippen LogP contribution is -2.52. The van der Waals surface area contributed by atoms with Crippen LogP contribution in [0.1, 0.15) is 25.0 Å². The minimum atomic E-state index is -1.26. The van der Waals surface area contributed by atoms with Gasteiger partial charge in [-0.2, -0.15) is 0 Å². The average Bonchev–Trinajstić information content (AvgIpc) is 2.31. The van der Waals surface area contributed by atoms with Crippen LogP contribution in [0.2, 0.25) is 0 Å². The van der Waals surface area contributed by atoms with E-state index in [-0.39, 0.29) is 0 Å². The van der Waals surface area contributed by atoms with E-state index in [2.05, 4.69) is 5.32 Å². The highest BCUT2D eigenvalue weighted by Crippen LogP contribution is 2.19. The van der Waals surface area contributed by atoms with Gasteiger partial charge in [-0.1, -0.05) is 17.7 Å². The normalized spacial score (nSPS) is 11.0. The number of carboxylic acids is 1. The number of anilines is 1. The monoisotopic (exact) mass is 264 g/mol. The van der Waals surface area contributed by atoms with Gasteiger partial charge in [0.05, 0.1) is 0 Å². The molecule has 0 fully saturated rings. The van der Waals surface area contributed by atoms with Crippen molar-refractivity contribution in [2.75, 3.05) is 12.4 Å². The molecular formula is C14H20N2O3. The largest absolute Gasteiger partial charge is 0.480 e. The number of carboxylic acid groups (broad SMARTS) is 1. The highest BCUT2D eigenvalue weighted by atomic mass is 16.4. The molecule has 0 saturated carbocycles. The first-order valence-corrected chi connectivity index (χ1v) is 6.01. The number of aryl methyl sites for hydroxylation is 2. The second-order valence-corrected chi connectivity index (χ2v) is 5.17. The van der Waals surface area contributed by atoms with Crippen LogP contribution >= 0.6 is 0 Å². The van der Waals surface area contributed by atoms with Gasteiger partial charge < -0.3 is 15.3 Å². The van der Waals surface area contributed by atoms with Crippen molar-refractivity contribution in [3.05, 3.63) is 29.3 Å². The Morgan fingerprint density at radius 1 is 1.26 bits per heavy atom. The molecule has 1 aromatic carbocycles. The summed E-state index contributed by atoms with van der Waals surface area (Å²) in [7, 11) is 1.47. The molecule has 0 aromatic heterocycles. The number of carbonyl (C=O) groups excluding carboxylic acids is 1. The molecule has 104 valence electrons. The van der Waals surface area contributed by atoms with Crippen LogP contribution in [0.4, 0.5) is 10.5 Å². The van der Waals surface area contributed by atoms with Gasteiger partial charge in [-0.15, -0.1) is 0 Å². The number of rotatable bonds is 3. The van der Waals surface area contributed by atoms with Crippen LogP contribution in [0.15, 0.2) is 18.2 Å². The molecule has 0 saturated heterocycles. The van der Waals surface area contributed by atoms with Crippen LogP contribution in [0.25, 0.3) is 0 Å². The predicted molar refractivity (Wildman–Crippen MR) is 74.4 cm³/mol. The van der Waals surface area contributed by atoms with Crippen molar-refractivity contribution >= 4 is 17.7 Å². The number of hydrogen-bond acceptors (Lipinski definition) is 2. The number of nitrogens with zero attached hydrogens (tertiary/aromatic N) is 1. The molecule has 19 heavy (non-hydrogen) atoms. The Labute approximate surface area is 113 Å². The SMILES string of the molecule is Cc1ccc(NC(=O)N(C)C(C)(C)C(=O)O)c(C)c1. The quantitative estimate of drug-likeness (QED) is 0.881. The maximum atomic E-state index is 12.1. The summed E-state index contributed by atoms with van der Waals surface area (Å²) >= 11 is 0. The summed E-state index contributed by atoms with van der Waals surface area (Å²) in [6.45, 7) is 6.83. The van der Waals surface area contributed by atoms with Gasteiger partial charge in [-0.25, -0.2) is 9.59 Å². The van der Waals surface area contributed by atoms with E-state index in [1.165, 1.54) is 25.8 Å². The lowest BCUT2D eigenvalue weighted by atomic mass is 10.0. The Morgan fingerprint density at radius 3 is 2.32 bits per heavy atom. The van der Waals surface area contributed by atoms with Crippen LogP contribution in [0.3, 0.4) is 0 Å².